The van der Waals surface area contributed by atoms with Gasteiger partial charge in [-0.3, -0.25) is 0 Å². The molecule has 0 aliphatic carbocycles. The van der Waals surface area contributed by atoms with Crippen LogP contribution >= 0.6 is 15.9 Å². The minimum Gasteiger partial charge on any atom is -0.482 e. The molecule has 76 valence electrons. The predicted molar refractivity (Wildman–Crippen MR) is 56.7 cm³/mol. The lowest BCUT2D eigenvalue weighted by Crippen LogP contribution is -2.10. The monoisotopic (exact) mass is 258 g/mol. The van der Waals surface area contributed by atoms with Crippen LogP contribution in [-0.2, 0) is 4.79 Å². The second-order valence-electron chi connectivity index (χ2n) is 2.98. The van der Waals surface area contributed by atoms with E-state index in [4.69, 9.17) is 9.84 Å². The van der Waals surface area contributed by atoms with Gasteiger partial charge in [-0.15, -0.1) is 0 Å². The highest BCUT2D eigenvalue weighted by atomic mass is 79.9. The van der Waals surface area contributed by atoms with Gasteiger partial charge in [0.1, 0.15) is 5.75 Å². The first-order valence-corrected chi connectivity index (χ1v) is 4.92. The van der Waals surface area contributed by atoms with Gasteiger partial charge in [0.25, 0.3) is 0 Å². The molecule has 1 aromatic carbocycles. The summed E-state index contributed by atoms with van der Waals surface area (Å²) in [6.45, 7) is 3.55. The van der Waals surface area contributed by atoms with E-state index in [-0.39, 0.29) is 6.61 Å². The molecule has 1 rings (SSSR count). The summed E-state index contributed by atoms with van der Waals surface area (Å²) in [5, 5.41) is 8.46. The van der Waals surface area contributed by atoms with Crippen LogP contribution in [0.25, 0.3) is 0 Å². The molecule has 0 aromatic heterocycles. The fourth-order valence-corrected chi connectivity index (χ4v) is 1.49. The van der Waals surface area contributed by atoms with E-state index in [0.29, 0.717) is 5.75 Å². The van der Waals surface area contributed by atoms with Crippen molar-refractivity contribution in [3.05, 3.63) is 27.7 Å². The van der Waals surface area contributed by atoms with E-state index in [9.17, 15) is 4.79 Å². The maximum atomic E-state index is 10.3. The lowest BCUT2D eigenvalue weighted by Gasteiger charge is -2.10. The van der Waals surface area contributed by atoms with Crippen molar-refractivity contribution in [2.45, 2.75) is 13.8 Å². The molecule has 1 N–H and O–H groups in total. The molecule has 0 aliphatic rings. The smallest absolute Gasteiger partial charge is 0.341 e. The van der Waals surface area contributed by atoms with Crippen molar-refractivity contribution < 1.29 is 14.6 Å². The second-order valence-corrected chi connectivity index (χ2v) is 3.83. The van der Waals surface area contributed by atoms with Gasteiger partial charge in [0.2, 0.25) is 0 Å². The van der Waals surface area contributed by atoms with Crippen molar-refractivity contribution >= 4 is 21.9 Å². The van der Waals surface area contributed by atoms with Crippen LogP contribution in [0.5, 0.6) is 5.75 Å². The highest BCUT2D eigenvalue weighted by molar-refractivity contribution is 9.10. The SMILES string of the molecule is Cc1c(Br)ccc(OCC(=O)O)c1C. The van der Waals surface area contributed by atoms with Gasteiger partial charge in [-0.25, -0.2) is 4.79 Å². The summed E-state index contributed by atoms with van der Waals surface area (Å²) >= 11 is 3.39. The number of carboxylic acid groups (broad SMARTS) is 1. The van der Waals surface area contributed by atoms with Gasteiger partial charge in [-0.2, -0.15) is 0 Å². The van der Waals surface area contributed by atoms with Gasteiger partial charge in [0.05, 0.1) is 0 Å². The predicted octanol–water partition coefficient (Wildman–Crippen LogP) is 2.53. The molecule has 14 heavy (non-hydrogen) atoms. The molecule has 3 nitrogen and oxygen atoms in total. The molecule has 0 saturated carbocycles. The van der Waals surface area contributed by atoms with Gasteiger partial charge in [-0.1, -0.05) is 15.9 Å². The minimum atomic E-state index is -0.968. The number of ether oxygens (including phenoxy) is 1. The van der Waals surface area contributed by atoms with Crippen LogP contribution in [-0.4, -0.2) is 17.7 Å². The molecule has 0 bridgehead atoms. The third-order valence-corrected chi connectivity index (χ3v) is 2.88. The molecule has 4 heteroatoms. The van der Waals surface area contributed by atoms with Gasteiger partial charge < -0.3 is 9.84 Å². The van der Waals surface area contributed by atoms with Crippen molar-refractivity contribution in [2.24, 2.45) is 0 Å². The molecule has 0 radical (unpaired) electrons. The Balaban J connectivity index is 2.88. The van der Waals surface area contributed by atoms with Gasteiger partial charge in [0.15, 0.2) is 6.61 Å². The number of benzene rings is 1. The number of hydrogen-bond donors (Lipinski definition) is 1. The Hall–Kier alpha value is -1.03. The number of halogens is 1. The molecular formula is C10H11BrO3. The lowest BCUT2D eigenvalue weighted by atomic mass is 10.1. The van der Waals surface area contributed by atoms with Crippen molar-refractivity contribution in [3.8, 4) is 5.75 Å². The van der Waals surface area contributed by atoms with Crippen molar-refractivity contribution in [2.75, 3.05) is 6.61 Å². The summed E-state index contributed by atoms with van der Waals surface area (Å²) < 4.78 is 6.11. The minimum absolute atomic E-state index is 0.304. The topological polar surface area (TPSA) is 46.5 Å². The fraction of sp³-hybridized carbons (Fsp3) is 0.300. The molecule has 0 atom stereocenters. The molecule has 0 heterocycles. The third kappa shape index (κ3) is 2.48. The number of hydrogen-bond acceptors (Lipinski definition) is 2. The van der Waals surface area contributed by atoms with Crippen LogP contribution in [0.4, 0.5) is 0 Å². The highest BCUT2D eigenvalue weighted by Crippen LogP contribution is 2.27. The highest BCUT2D eigenvalue weighted by Gasteiger charge is 2.06. The number of rotatable bonds is 3. The van der Waals surface area contributed by atoms with Crippen molar-refractivity contribution in [1.29, 1.82) is 0 Å². The summed E-state index contributed by atoms with van der Waals surface area (Å²) in [5.74, 6) is -0.349. The zero-order valence-electron chi connectivity index (χ0n) is 8.00. The Kier molecular flexibility index (Phi) is 3.52. The normalized spacial score (nSPS) is 9.93. The van der Waals surface area contributed by atoms with E-state index in [1.165, 1.54) is 0 Å². The lowest BCUT2D eigenvalue weighted by molar-refractivity contribution is -0.139. The van der Waals surface area contributed by atoms with E-state index in [1.807, 2.05) is 19.9 Å². The second kappa shape index (κ2) is 4.46. The number of aliphatic carboxylic acids is 1. The molecule has 0 saturated heterocycles. The van der Waals surface area contributed by atoms with Crippen LogP contribution in [0, 0.1) is 13.8 Å². The largest absolute Gasteiger partial charge is 0.482 e. The van der Waals surface area contributed by atoms with Crippen LogP contribution in [0.2, 0.25) is 0 Å². The molecule has 0 unspecified atom stereocenters. The average molecular weight is 259 g/mol. The summed E-state index contributed by atoms with van der Waals surface area (Å²) in [6, 6.07) is 3.61. The molecule has 1 aromatic rings. The van der Waals surface area contributed by atoms with Crippen LogP contribution < -0.4 is 4.74 Å². The van der Waals surface area contributed by atoms with E-state index >= 15 is 0 Å². The Morgan fingerprint density at radius 1 is 1.43 bits per heavy atom. The number of carbonyl (C=O) groups is 1. The van der Waals surface area contributed by atoms with E-state index in [2.05, 4.69) is 15.9 Å². The third-order valence-electron chi connectivity index (χ3n) is 2.02. The first-order chi connectivity index (χ1) is 6.52. The van der Waals surface area contributed by atoms with Crippen molar-refractivity contribution in [1.82, 2.24) is 0 Å². The zero-order valence-corrected chi connectivity index (χ0v) is 9.59. The van der Waals surface area contributed by atoms with E-state index < -0.39 is 5.97 Å². The van der Waals surface area contributed by atoms with Gasteiger partial charge >= 0.3 is 5.97 Å². The first-order valence-electron chi connectivity index (χ1n) is 4.12. The fourth-order valence-electron chi connectivity index (χ4n) is 1.06. The standard InChI is InChI=1S/C10H11BrO3/c1-6-7(2)9(4-3-8(6)11)14-5-10(12)13/h3-4H,5H2,1-2H3,(H,12,13). The average Bonchev–Trinajstić information content (AvgIpc) is 2.13. The Morgan fingerprint density at radius 2 is 2.07 bits per heavy atom. The summed E-state index contributed by atoms with van der Waals surface area (Å²) in [5.41, 5.74) is 2.02. The maximum absolute atomic E-state index is 10.3. The quantitative estimate of drug-likeness (QED) is 0.907. The Morgan fingerprint density at radius 3 is 2.64 bits per heavy atom. The first kappa shape index (κ1) is 11.0. The molecular weight excluding hydrogens is 248 g/mol. The van der Waals surface area contributed by atoms with Gasteiger partial charge in [-0.05, 0) is 37.1 Å². The van der Waals surface area contributed by atoms with E-state index in [1.54, 1.807) is 6.07 Å². The summed E-state index contributed by atoms with van der Waals surface area (Å²) in [7, 11) is 0. The van der Waals surface area contributed by atoms with Crippen LogP contribution in [0.1, 0.15) is 11.1 Å². The van der Waals surface area contributed by atoms with E-state index in [0.717, 1.165) is 15.6 Å². The Labute approximate surface area is 90.8 Å². The zero-order chi connectivity index (χ0) is 10.7. The Bertz CT molecular complexity index is 361. The summed E-state index contributed by atoms with van der Waals surface area (Å²) in [4.78, 5) is 10.3. The van der Waals surface area contributed by atoms with Gasteiger partial charge in [0, 0.05) is 4.47 Å². The molecule has 0 amide bonds. The van der Waals surface area contributed by atoms with Crippen LogP contribution in [0.15, 0.2) is 16.6 Å². The molecule has 0 fully saturated rings. The van der Waals surface area contributed by atoms with Crippen molar-refractivity contribution in [3.63, 3.8) is 0 Å². The van der Waals surface area contributed by atoms with Crippen LogP contribution in [0.3, 0.4) is 0 Å². The maximum Gasteiger partial charge on any atom is 0.341 e. The molecule has 0 aliphatic heterocycles. The number of carboxylic acids is 1. The summed E-state index contributed by atoms with van der Waals surface area (Å²) in [6.07, 6.45) is 0. The molecule has 0 spiro atoms.